The van der Waals surface area contributed by atoms with Gasteiger partial charge < -0.3 is 10.6 Å². The van der Waals surface area contributed by atoms with E-state index in [1.165, 1.54) is 48.8 Å². The van der Waals surface area contributed by atoms with E-state index in [9.17, 15) is 0 Å². The molecule has 1 aliphatic rings. The minimum absolute atomic E-state index is 0.248. The second-order valence-corrected chi connectivity index (χ2v) is 6.43. The summed E-state index contributed by atoms with van der Waals surface area (Å²) >= 11 is 5.45. The molecule has 2 rings (SSSR count). The number of rotatable bonds is 3. The first-order valence-electron chi connectivity index (χ1n) is 7.70. The third kappa shape index (κ3) is 4.20. The molecule has 0 aromatic heterocycles. The Hall–Kier alpha value is -1.09. The predicted octanol–water partition coefficient (Wildman–Crippen LogP) is 4.16. The molecule has 20 heavy (non-hydrogen) atoms. The summed E-state index contributed by atoms with van der Waals surface area (Å²) in [7, 11) is 0. The summed E-state index contributed by atoms with van der Waals surface area (Å²) in [6.07, 6.45) is 6.52. The van der Waals surface area contributed by atoms with Crippen LogP contribution in [0.3, 0.4) is 0 Å². The number of nitrogens with one attached hydrogen (secondary N) is 2. The molecule has 1 fully saturated rings. The van der Waals surface area contributed by atoms with Gasteiger partial charge in [-0.05, 0) is 62.5 Å². The molecule has 110 valence electrons. The lowest BCUT2D eigenvalue weighted by atomic mass is 9.96. The van der Waals surface area contributed by atoms with Gasteiger partial charge in [0.1, 0.15) is 0 Å². The first-order valence-corrected chi connectivity index (χ1v) is 8.11. The molecule has 0 spiro atoms. The van der Waals surface area contributed by atoms with Gasteiger partial charge in [0.2, 0.25) is 0 Å². The SMILES string of the molecule is Cc1ccc([C@H](C)NC(=S)NC2CCCCC2)cc1C. The lowest BCUT2D eigenvalue weighted by Gasteiger charge is -2.26. The zero-order valence-corrected chi connectivity index (χ0v) is 13.6. The Bertz CT molecular complexity index is 464. The van der Waals surface area contributed by atoms with Crippen molar-refractivity contribution in [2.75, 3.05) is 0 Å². The molecule has 2 nitrogen and oxygen atoms in total. The average Bonchev–Trinajstić information content (AvgIpc) is 2.42. The van der Waals surface area contributed by atoms with Crippen molar-refractivity contribution < 1.29 is 0 Å². The lowest BCUT2D eigenvalue weighted by molar-refractivity contribution is 0.411. The smallest absolute Gasteiger partial charge is 0.166 e. The van der Waals surface area contributed by atoms with Gasteiger partial charge in [0.05, 0.1) is 6.04 Å². The van der Waals surface area contributed by atoms with Gasteiger partial charge in [-0.1, -0.05) is 37.5 Å². The predicted molar refractivity (Wildman–Crippen MR) is 90.1 cm³/mol. The molecule has 0 saturated heterocycles. The lowest BCUT2D eigenvalue weighted by Crippen LogP contribution is -2.43. The first kappa shape index (κ1) is 15.3. The Morgan fingerprint density at radius 3 is 2.50 bits per heavy atom. The number of thiocarbonyl (C=S) groups is 1. The van der Waals surface area contributed by atoms with Gasteiger partial charge in [0.25, 0.3) is 0 Å². The van der Waals surface area contributed by atoms with Crippen LogP contribution in [-0.4, -0.2) is 11.2 Å². The van der Waals surface area contributed by atoms with Gasteiger partial charge in [-0.15, -0.1) is 0 Å². The molecule has 1 aromatic rings. The van der Waals surface area contributed by atoms with Crippen LogP contribution in [0.4, 0.5) is 0 Å². The average molecular weight is 290 g/mol. The Labute approximate surface area is 128 Å². The quantitative estimate of drug-likeness (QED) is 0.817. The van der Waals surface area contributed by atoms with Crippen molar-refractivity contribution >= 4 is 17.3 Å². The fourth-order valence-electron chi connectivity index (χ4n) is 2.79. The van der Waals surface area contributed by atoms with Gasteiger partial charge in [-0.2, -0.15) is 0 Å². The van der Waals surface area contributed by atoms with Crippen LogP contribution in [-0.2, 0) is 0 Å². The van der Waals surface area contributed by atoms with Gasteiger partial charge >= 0.3 is 0 Å². The molecular weight excluding hydrogens is 264 g/mol. The molecule has 0 unspecified atom stereocenters. The van der Waals surface area contributed by atoms with Crippen LogP contribution in [0.1, 0.15) is 61.8 Å². The van der Waals surface area contributed by atoms with Gasteiger partial charge in [0.15, 0.2) is 5.11 Å². The van der Waals surface area contributed by atoms with E-state index in [4.69, 9.17) is 12.2 Å². The molecule has 1 aromatic carbocycles. The fourth-order valence-corrected chi connectivity index (χ4v) is 3.13. The molecule has 1 saturated carbocycles. The topological polar surface area (TPSA) is 24.1 Å². The van der Waals surface area contributed by atoms with Crippen molar-refractivity contribution in [1.29, 1.82) is 0 Å². The van der Waals surface area contributed by atoms with Crippen molar-refractivity contribution in [3.8, 4) is 0 Å². The molecule has 0 heterocycles. The van der Waals surface area contributed by atoms with Gasteiger partial charge in [-0.3, -0.25) is 0 Å². The monoisotopic (exact) mass is 290 g/mol. The zero-order valence-electron chi connectivity index (χ0n) is 12.8. The van der Waals surface area contributed by atoms with Crippen LogP contribution in [0.15, 0.2) is 18.2 Å². The number of hydrogen-bond acceptors (Lipinski definition) is 1. The van der Waals surface area contributed by atoms with E-state index < -0.39 is 0 Å². The summed E-state index contributed by atoms with van der Waals surface area (Å²) in [5.41, 5.74) is 3.96. The summed E-state index contributed by atoms with van der Waals surface area (Å²) < 4.78 is 0. The molecule has 1 aliphatic carbocycles. The Kier molecular flexibility index (Phi) is 5.41. The molecule has 0 bridgehead atoms. The van der Waals surface area contributed by atoms with E-state index in [0.29, 0.717) is 6.04 Å². The van der Waals surface area contributed by atoms with Crippen LogP contribution in [0.2, 0.25) is 0 Å². The Morgan fingerprint density at radius 1 is 1.15 bits per heavy atom. The first-order chi connectivity index (χ1) is 9.56. The highest BCUT2D eigenvalue weighted by Gasteiger charge is 2.15. The van der Waals surface area contributed by atoms with Crippen molar-refractivity contribution in [3.05, 3.63) is 34.9 Å². The molecule has 0 amide bonds. The van der Waals surface area contributed by atoms with Crippen LogP contribution in [0.25, 0.3) is 0 Å². The van der Waals surface area contributed by atoms with E-state index in [1.54, 1.807) is 0 Å². The standard InChI is InChI=1S/C17H26N2S/c1-12-9-10-15(11-13(12)2)14(3)18-17(20)19-16-7-5-4-6-8-16/h9-11,14,16H,4-8H2,1-3H3,(H2,18,19,20)/t14-/m0/s1. The summed E-state index contributed by atoms with van der Waals surface area (Å²) in [6.45, 7) is 6.47. The van der Waals surface area contributed by atoms with Gasteiger partial charge in [-0.25, -0.2) is 0 Å². The third-order valence-electron chi connectivity index (χ3n) is 4.32. The van der Waals surface area contributed by atoms with E-state index in [-0.39, 0.29) is 6.04 Å². The second kappa shape index (κ2) is 7.07. The van der Waals surface area contributed by atoms with E-state index in [0.717, 1.165) is 5.11 Å². The highest BCUT2D eigenvalue weighted by molar-refractivity contribution is 7.80. The van der Waals surface area contributed by atoms with Crippen molar-refractivity contribution in [2.24, 2.45) is 0 Å². The second-order valence-electron chi connectivity index (χ2n) is 6.02. The largest absolute Gasteiger partial charge is 0.360 e. The number of hydrogen-bond donors (Lipinski definition) is 2. The molecule has 0 aliphatic heterocycles. The molecule has 1 atom stereocenters. The van der Waals surface area contributed by atoms with Crippen LogP contribution in [0.5, 0.6) is 0 Å². The highest BCUT2D eigenvalue weighted by Crippen LogP contribution is 2.19. The maximum Gasteiger partial charge on any atom is 0.166 e. The van der Waals surface area contributed by atoms with Gasteiger partial charge in [0, 0.05) is 6.04 Å². The number of aryl methyl sites for hydroxylation is 2. The van der Waals surface area contributed by atoms with Crippen LogP contribution >= 0.6 is 12.2 Å². The van der Waals surface area contributed by atoms with Crippen LogP contribution < -0.4 is 10.6 Å². The van der Waals surface area contributed by atoms with Crippen LogP contribution in [0, 0.1) is 13.8 Å². The molecular formula is C17H26N2S. The maximum absolute atomic E-state index is 5.45. The molecule has 3 heteroatoms. The summed E-state index contributed by atoms with van der Waals surface area (Å²) in [5, 5.41) is 7.67. The van der Waals surface area contributed by atoms with E-state index in [1.807, 2.05) is 0 Å². The summed E-state index contributed by atoms with van der Waals surface area (Å²) in [4.78, 5) is 0. The fraction of sp³-hybridized carbons (Fsp3) is 0.588. The minimum Gasteiger partial charge on any atom is -0.360 e. The number of benzene rings is 1. The maximum atomic E-state index is 5.45. The Morgan fingerprint density at radius 2 is 1.85 bits per heavy atom. The normalized spacial score (nSPS) is 17.6. The summed E-state index contributed by atoms with van der Waals surface area (Å²) in [5.74, 6) is 0. The minimum atomic E-state index is 0.248. The van der Waals surface area contributed by atoms with Crippen molar-refractivity contribution in [2.45, 2.75) is 65.0 Å². The Balaban J connectivity index is 1.87. The third-order valence-corrected chi connectivity index (χ3v) is 4.55. The molecule has 0 radical (unpaired) electrons. The zero-order chi connectivity index (χ0) is 14.5. The van der Waals surface area contributed by atoms with Crippen molar-refractivity contribution in [1.82, 2.24) is 10.6 Å². The highest BCUT2D eigenvalue weighted by atomic mass is 32.1. The molecule has 2 N–H and O–H groups in total. The van der Waals surface area contributed by atoms with E-state index in [2.05, 4.69) is 49.6 Å². The van der Waals surface area contributed by atoms with Crippen molar-refractivity contribution in [3.63, 3.8) is 0 Å². The summed E-state index contributed by atoms with van der Waals surface area (Å²) in [6, 6.07) is 7.42. The van der Waals surface area contributed by atoms with E-state index >= 15 is 0 Å².